The van der Waals surface area contributed by atoms with E-state index >= 15 is 0 Å². The van der Waals surface area contributed by atoms with Gasteiger partial charge in [0, 0.05) is 25.8 Å². The lowest BCUT2D eigenvalue weighted by atomic mass is 9.99. The summed E-state index contributed by atoms with van der Waals surface area (Å²) in [6.45, 7) is 3.69. The van der Waals surface area contributed by atoms with Gasteiger partial charge in [0.2, 0.25) is 0 Å². The van der Waals surface area contributed by atoms with E-state index in [-0.39, 0.29) is 18.3 Å². The van der Waals surface area contributed by atoms with Crippen LogP contribution in [0.1, 0.15) is 30.1 Å². The predicted octanol–water partition coefficient (Wildman–Crippen LogP) is 2.15. The lowest BCUT2D eigenvalue weighted by Crippen LogP contribution is -2.43. The first-order chi connectivity index (χ1) is 10.6. The molecule has 0 spiro atoms. The molecule has 0 radical (unpaired) electrons. The lowest BCUT2D eigenvalue weighted by molar-refractivity contribution is -0.135. The second-order valence-corrected chi connectivity index (χ2v) is 5.68. The summed E-state index contributed by atoms with van der Waals surface area (Å²) in [4.78, 5) is 25.4. The van der Waals surface area contributed by atoms with Crippen molar-refractivity contribution in [2.24, 2.45) is 5.92 Å². The number of carbonyl (C=O) groups is 2. The zero-order valence-electron chi connectivity index (χ0n) is 13.2. The molecule has 1 saturated heterocycles. The molecule has 1 aromatic carbocycles. The molecule has 22 heavy (non-hydrogen) atoms. The Hall–Kier alpha value is -1.88. The molecule has 1 aliphatic rings. The number of benzene rings is 1. The van der Waals surface area contributed by atoms with Gasteiger partial charge in [-0.1, -0.05) is 12.1 Å². The van der Waals surface area contributed by atoms with E-state index in [4.69, 9.17) is 9.47 Å². The minimum atomic E-state index is -0.0194. The van der Waals surface area contributed by atoms with Crippen LogP contribution in [0, 0.1) is 5.92 Å². The molecule has 0 aromatic heterocycles. The van der Waals surface area contributed by atoms with E-state index in [0.717, 1.165) is 25.9 Å². The number of nitrogens with zero attached hydrogens (tertiary/aromatic N) is 1. The van der Waals surface area contributed by atoms with Crippen LogP contribution in [0.25, 0.3) is 0 Å². The number of amides is 1. The van der Waals surface area contributed by atoms with Gasteiger partial charge in [-0.05, 0) is 37.8 Å². The van der Waals surface area contributed by atoms with Gasteiger partial charge in [-0.2, -0.15) is 0 Å². The van der Waals surface area contributed by atoms with Crippen molar-refractivity contribution in [1.29, 1.82) is 0 Å². The number of likely N-dealkylation sites (tertiary alicyclic amines) is 1. The molecule has 1 heterocycles. The number of ketones is 1. The molecule has 0 saturated carbocycles. The van der Waals surface area contributed by atoms with Crippen LogP contribution in [0.15, 0.2) is 24.3 Å². The highest BCUT2D eigenvalue weighted by atomic mass is 16.5. The van der Waals surface area contributed by atoms with Gasteiger partial charge < -0.3 is 14.4 Å². The summed E-state index contributed by atoms with van der Waals surface area (Å²) in [5.41, 5.74) is 0.586. The highest BCUT2D eigenvalue weighted by molar-refractivity contribution is 5.94. The number of methoxy groups -OCH3 is 1. The summed E-state index contributed by atoms with van der Waals surface area (Å²) in [6.07, 6.45) is 2.10. The first-order valence-electron chi connectivity index (χ1n) is 7.60. The first-order valence-corrected chi connectivity index (χ1v) is 7.60. The number of hydrogen-bond acceptors (Lipinski definition) is 4. The Kier molecular flexibility index (Phi) is 5.95. The molecule has 120 valence electrons. The zero-order chi connectivity index (χ0) is 15.9. The summed E-state index contributed by atoms with van der Waals surface area (Å²) in [7, 11) is 1.69. The minimum absolute atomic E-state index is 0.00105. The van der Waals surface area contributed by atoms with E-state index in [1.54, 1.807) is 31.4 Å². The van der Waals surface area contributed by atoms with Crippen molar-refractivity contribution in [2.45, 2.75) is 19.8 Å². The Labute approximate surface area is 131 Å². The molecule has 1 aliphatic heterocycles. The van der Waals surface area contributed by atoms with E-state index in [9.17, 15) is 9.59 Å². The number of piperidine rings is 1. The summed E-state index contributed by atoms with van der Waals surface area (Å²) in [5, 5.41) is 0. The largest absolute Gasteiger partial charge is 0.484 e. The van der Waals surface area contributed by atoms with Gasteiger partial charge >= 0.3 is 0 Å². The second kappa shape index (κ2) is 7.94. The van der Waals surface area contributed by atoms with Crippen molar-refractivity contribution in [3.05, 3.63) is 29.8 Å². The quantitative estimate of drug-likeness (QED) is 0.756. The number of rotatable bonds is 6. The maximum absolute atomic E-state index is 12.2. The van der Waals surface area contributed by atoms with Gasteiger partial charge in [-0.15, -0.1) is 0 Å². The fourth-order valence-corrected chi connectivity index (χ4v) is 2.70. The van der Waals surface area contributed by atoms with Crippen LogP contribution in [0.2, 0.25) is 0 Å². The van der Waals surface area contributed by atoms with Crippen LogP contribution in [-0.2, 0) is 9.53 Å². The van der Waals surface area contributed by atoms with Crippen LogP contribution >= 0.6 is 0 Å². The number of hydrogen-bond donors (Lipinski definition) is 0. The third-order valence-corrected chi connectivity index (χ3v) is 3.88. The standard InChI is InChI=1S/C17H23NO4/c1-13(19)15-6-3-7-16(9-15)22-12-17(20)18-8-4-5-14(10-18)11-21-2/h3,6-7,9,14H,4-5,8,10-12H2,1-2H3. The average molecular weight is 305 g/mol. The summed E-state index contributed by atoms with van der Waals surface area (Å²) in [5.74, 6) is 0.916. The van der Waals surface area contributed by atoms with Gasteiger partial charge in [0.1, 0.15) is 5.75 Å². The van der Waals surface area contributed by atoms with Crippen molar-refractivity contribution < 1.29 is 19.1 Å². The Morgan fingerprint density at radius 1 is 1.36 bits per heavy atom. The van der Waals surface area contributed by atoms with Crippen LogP contribution < -0.4 is 4.74 Å². The van der Waals surface area contributed by atoms with Gasteiger partial charge in [-0.25, -0.2) is 0 Å². The number of ether oxygens (including phenoxy) is 2. The fourth-order valence-electron chi connectivity index (χ4n) is 2.70. The molecule has 0 N–H and O–H groups in total. The Bertz CT molecular complexity index is 527. The van der Waals surface area contributed by atoms with Crippen molar-refractivity contribution in [1.82, 2.24) is 4.90 Å². The van der Waals surface area contributed by atoms with Gasteiger partial charge in [0.15, 0.2) is 12.4 Å². The van der Waals surface area contributed by atoms with E-state index < -0.39 is 0 Å². The van der Waals surface area contributed by atoms with Crippen LogP contribution in [0.4, 0.5) is 0 Å². The average Bonchev–Trinajstić information content (AvgIpc) is 2.53. The van der Waals surface area contributed by atoms with E-state index in [2.05, 4.69) is 0 Å². The highest BCUT2D eigenvalue weighted by Gasteiger charge is 2.23. The van der Waals surface area contributed by atoms with Crippen LogP contribution in [-0.4, -0.2) is 50.0 Å². The minimum Gasteiger partial charge on any atom is -0.484 e. The van der Waals surface area contributed by atoms with E-state index in [1.807, 2.05) is 4.90 Å². The molecular weight excluding hydrogens is 282 g/mol. The zero-order valence-corrected chi connectivity index (χ0v) is 13.2. The SMILES string of the molecule is COCC1CCCN(C(=O)COc2cccc(C(C)=O)c2)C1. The molecule has 1 unspecified atom stereocenters. The monoisotopic (exact) mass is 305 g/mol. The van der Waals surface area contributed by atoms with Crippen molar-refractivity contribution in [3.8, 4) is 5.75 Å². The van der Waals surface area contributed by atoms with Gasteiger partial charge in [-0.3, -0.25) is 9.59 Å². The molecule has 1 aromatic rings. The van der Waals surface area contributed by atoms with Crippen LogP contribution in [0.3, 0.4) is 0 Å². The lowest BCUT2D eigenvalue weighted by Gasteiger charge is -2.32. The summed E-state index contributed by atoms with van der Waals surface area (Å²) >= 11 is 0. The number of Topliss-reactive ketones (excluding diaryl/α,β-unsaturated/α-hetero) is 1. The molecule has 2 rings (SSSR count). The molecule has 1 atom stereocenters. The molecule has 0 bridgehead atoms. The summed E-state index contributed by atoms with van der Waals surface area (Å²) in [6, 6.07) is 6.91. The smallest absolute Gasteiger partial charge is 0.260 e. The molecule has 5 nitrogen and oxygen atoms in total. The Morgan fingerprint density at radius 3 is 2.91 bits per heavy atom. The fraction of sp³-hybridized carbons (Fsp3) is 0.529. The van der Waals surface area contributed by atoms with Crippen molar-refractivity contribution >= 4 is 11.7 Å². The predicted molar refractivity (Wildman–Crippen MR) is 83.1 cm³/mol. The first kappa shape index (κ1) is 16.5. The van der Waals surface area contributed by atoms with Gasteiger partial charge in [0.05, 0.1) is 6.61 Å². The molecule has 1 amide bonds. The van der Waals surface area contributed by atoms with E-state index in [1.165, 1.54) is 6.92 Å². The second-order valence-electron chi connectivity index (χ2n) is 5.68. The van der Waals surface area contributed by atoms with Crippen LogP contribution in [0.5, 0.6) is 5.75 Å². The maximum Gasteiger partial charge on any atom is 0.260 e. The number of carbonyl (C=O) groups excluding carboxylic acids is 2. The van der Waals surface area contributed by atoms with E-state index in [0.29, 0.717) is 23.8 Å². The highest BCUT2D eigenvalue weighted by Crippen LogP contribution is 2.18. The Balaban J connectivity index is 1.87. The molecular formula is C17H23NO4. The van der Waals surface area contributed by atoms with Crippen molar-refractivity contribution in [2.75, 3.05) is 33.4 Å². The normalized spacial score (nSPS) is 18.1. The summed E-state index contributed by atoms with van der Waals surface area (Å²) < 4.78 is 10.7. The topological polar surface area (TPSA) is 55.8 Å². The molecule has 1 fully saturated rings. The molecule has 5 heteroatoms. The van der Waals surface area contributed by atoms with Crippen molar-refractivity contribution in [3.63, 3.8) is 0 Å². The van der Waals surface area contributed by atoms with Gasteiger partial charge in [0.25, 0.3) is 5.91 Å². The maximum atomic E-state index is 12.2. The third-order valence-electron chi connectivity index (χ3n) is 3.88. The molecule has 0 aliphatic carbocycles. The Morgan fingerprint density at radius 2 is 2.18 bits per heavy atom. The third kappa shape index (κ3) is 4.56.